The van der Waals surface area contributed by atoms with Gasteiger partial charge in [0.25, 0.3) is 17.4 Å². The predicted molar refractivity (Wildman–Crippen MR) is 112 cm³/mol. The Labute approximate surface area is 176 Å². The molecule has 148 valence electrons. The predicted octanol–water partition coefficient (Wildman–Crippen LogP) is 3.09. The second-order valence-electron chi connectivity index (χ2n) is 6.58. The van der Waals surface area contributed by atoms with Crippen LogP contribution in [0, 0.1) is 11.3 Å². The Morgan fingerprint density at radius 3 is 2.23 bits per heavy atom. The van der Waals surface area contributed by atoms with Crippen LogP contribution in [-0.4, -0.2) is 39.0 Å². The van der Waals surface area contributed by atoms with E-state index in [2.05, 4.69) is 9.97 Å². The highest BCUT2D eigenvalue weighted by Crippen LogP contribution is 2.24. The summed E-state index contributed by atoms with van der Waals surface area (Å²) in [6.07, 6.45) is 0.542. The molecule has 0 saturated carbocycles. The maximum atomic E-state index is 12.4. The number of nitrogens with one attached hydrogen (secondary N) is 1. The molecule has 3 aromatic rings. The van der Waals surface area contributed by atoms with Crippen molar-refractivity contribution in [3.05, 3.63) is 81.6 Å². The number of H-pyrrole nitrogens is 1. The summed E-state index contributed by atoms with van der Waals surface area (Å²) in [4.78, 5) is 45.4. The van der Waals surface area contributed by atoms with Crippen molar-refractivity contribution in [3.63, 3.8) is 0 Å². The highest BCUT2D eigenvalue weighted by atomic mass is 32.2. The number of hydrogen-bond donors (Lipinski definition) is 1. The van der Waals surface area contributed by atoms with Crippen molar-refractivity contribution in [2.45, 2.75) is 11.6 Å². The van der Waals surface area contributed by atoms with Crippen molar-refractivity contribution in [2.24, 2.45) is 0 Å². The van der Waals surface area contributed by atoms with E-state index in [0.29, 0.717) is 39.7 Å². The van der Waals surface area contributed by atoms with Crippen LogP contribution in [0.4, 0.5) is 0 Å². The molecule has 0 bridgehead atoms. The van der Waals surface area contributed by atoms with Gasteiger partial charge in [-0.3, -0.25) is 19.3 Å². The topological polar surface area (TPSA) is 107 Å². The molecule has 0 radical (unpaired) electrons. The molecule has 0 spiro atoms. The first kappa shape index (κ1) is 19.6. The van der Waals surface area contributed by atoms with Crippen molar-refractivity contribution in [1.29, 1.82) is 5.26 Å². The third-order valence-corrected chi connectivity index (χ3v) is 5.66. The number of hydrogen-bond acceptors (Lipinski definition) is 6. The number of fused-ring (bicyclic) bond motifs is 1. The van der Waals surface area contributed by atoms with Crippen LogP contribution >= 0.6 is 11.8 Å². The number of carbonyl (C=O) groups excluding carboxylic acids is 2. The van der Waals surface area contributed by atoms with Gasteiger partial charge in [0.1, 0.15) is 11.6 Å². The third-order valence-electron chi connectivity index (χ3n) is 4.70. The minimum absolute atomic E-state index is 0.0309. The SMILES string of the molecule is N#Cc1c(-c2ccccc2)nc(SCCCN2C(=O)c3ccccc3C2=O)[nH]c1=O. The smallest absolute Gasteiger partial charge is 0.270 e. The van der Waals surface area contributed by atoms with Crippen molar-refractivity contribution in [2.75, 3.05) is 12.3 Å². The molecule has 1 aromatic heterocycles. The van der Waals surface area contributed by atoms with Gasteiger partial charge in [-0.05, 0) is 18.6 Å². The standard InChI is InChI=1S/C22H16N4O3S/c23-13-17-18(14-7-2-1-3-8-14)24-22(25-19(17)27)30-12-6-11-26-20(28)15-9-4-5-10-16(15)21(26)29/h1-5,7-10H,6,11-12H2,(H,24,25,27). The van der Waals surface area contributed by atoms with E-state index in [4.69, 9.17) is 0 Å². The fourth-order valence-corrected chi connectivity index (χ4v) is 4.05. The summed E-state index contributed by atoms with van der Waals surface area (Å²) in [5, 5.41) is 9.71. The van der Waals surface area contributed by atoms with Crippen molar-refractivity contribution >= 4 is 23.6 Å². The molecule has 2 heterocycles. The van der Waals surface area contributed by atoms with Gasteiger partial charge in [-0.2, -0.15) is 5.26 Å². The number of nitriles is 1. The van der Waals surface area contributed by atoms with Crippen LogP contribution in [0.25, 0.3) is 11.3 Å². The Balaban J connectivity index is 1.44. The summed E-state index contributed by atoms with van der Waals surface area (Å²) in [6.45, 7) is 0.283. The molecule has 2 amide bonds. The molecule has 0 aliphatic carbocycles. The number of carbonyl (C=O) groups is 2. The van der Waals surface area contributed by atoms with Gasteiger partial charge < -0.3 is 4.98 Å². The second-order valence-corrected chi connectivity index (χ2v) is 7.67. The fourth-order valence-electron chi connectivity index (χ4n) is 3.26. The monoisotopic (exact) mass is 416 g/mol. The quantitative estimate of drug-likeness (QED) is 0.286. The molecule has 1 aliphatic rings. The highest BCUT2D eigenvalue weighted by Gasteiger charge is 2.34. The number of rotatable bonds is 6. The minimum atomic E-state index is -0.491. The van der Waals surface area contributed by atoms with Crippen molar-refractivity contribution in [1.82, 2.24) is 14.9 Å². The average molecular weight is 416 g/mol. The lowest BCUT2D eigenvalue weighted by molar-refractivity contribution is 0.0655. The zero-order valence-electron chi connectivity index (χ0n) is 15.8. The Morgan fingerprint density at radius 2 is 1.60 bits per heavy atom. The second kappa shape index (κ2) is 8.35. The molecule has 4 rings (SSSR count). The maximum absolute atomic E-state index is 12.4. The van der Waals surface area contributed by atoms with Gasteiger partial charge in [0.05, 0.1) is 16.8 Å². The lowest BCUT2D eigenvalue weighted by Gasteiger charge is -2.13. The maximum Gasteiger partial charge on any atom is 0.270 e. The Kier molecular flexibility index (Phi) is 5.46. The van der Waals surface area contributed by atoms with Gasteiger partial charge in [0.2, 0.25) is 0 Å². The van der Waals surface area contributed by atoms with Gasteiger partial charge in [-0.25, -0.2) is 4.98 Å². The summed E-state index contributed by atoms with van der Waals surface area (Å²) in [6, 6.07) is 17.8. The van der Waals surface area contributed by atoms with Crippen molar-refractivity contribution in [3.8, 4) is 17.3 Å². The number of nitrogens with zero attached hydrogens (tertiary/aromatic N) is 3. The van der Waals surface area contributed by atoms with E-state index in [0.717, 1.165) is 0 Å². The van der Waals surface area contributed by atoms with Gasteiger partial charge in [-0.1, -0.05) is 54.2 Å². The number of aromatic nitrogens is 2. The average Bonchev–Trinajstić information content (AvgIpc) is 3.02. The Bertz CT molecular complexity index is 1200. The zero-order chi connectivity index (χ0) is 21.1. The molecule has 0 fully saturated rings. The van der Waals surface area contributed by atoms with Crippen LogP contribution in [0.2, 0.25) is 0 Å². The largest absolute Gasteiger partial charge is 0.300 e. The first-order valence-electron chi connectivity index (χ1n) is 9.28. The molecule has 1 N–H and O–H groups in total. The fraction of sp³-hybridized carbons (Fsp3) is 0.136. The number of thioether (sulfide) groups is 1. The molecule has 0 unspecified atom stereocenters. The Morgan fingerprint density at radius 1 is 0.967 bits per heavy atom. The summed E-state index contributed by atoms with van der Waals surface area (Å²) in [7, 11) is 0. The van der Waals surface area contributed by atoms with Crippen LogP contribution in [0.1, 0.15) is 32.7 Å². The normalized spacial score (nSPS) is 12.7. The molecule has 8 heteroatoms. The first-order chi connectivity index (χ1) is 14.6. The van der Waals surface area contributed by atoms with Gasteiger partial charge >= 0.3 is 0 Å². The van der Waals surface area contributed by atoms with Gasteiger partial charge in [0.15, 0.2) is 5.16 Å². The van der Waals surface area contributed by atoms with E-state index in [1.165, 1.54) is 16.7 Å². The van der Waals surface area contributed by atoms with Gasteiger partial charge in [-0.15, -0.1) is 0 Å². The molecule has 0 atom stereocenters. The van der Waals surface area contributed by atoms with Crippen LogP contribution in [0.15, 0.2) is 64.5 Å². The van der Waals surface area contributed by atoms with E-state index >= 15 is 0 Å². The zero-order valence-corrected chi connectivity index (χ0v) is 16.6. The molecule has 1 aliphatic heterocycles. The summed E-state index contributed by atoms with van der Waals surface area (Å²) < 4.78 is 0. The van der Waals surface area contributed by atoms with Crippen molar-refractivity contribution < 1.29 is 9.59 Å². The van der Waals surface area contributed by atoms with E-state index in [9.17, 15) is 19.6 Å². The summed E-state index contributed by atoms with van der Waals surface area (Å²) in [5.41, 5.74) is 1.37. The number of benzene rings is 2. The lowest BCUT2D eigenvalue weighted by Crippen LogP contribution is -2.31. The molecular weight excluding hydrogens is 400 g/mol. The molecule has 7 nitrogen and oxygen atoms in total. The van der Waals surface area contributed by atoms with E-state index in [1.807, 2.05) is 24.3 Å². The van der Waals surface area contributed by atoms with Crippen LogP contribution in [-0.2, 0) is 0 Å². The van der Waals surface area contributed by atoms with Crippen LogP contribution < -0.4 is 5.56 Å². The van der Waals surface area contributed by atoms with E-state index < -0.39 is 5.56 Å². The first-order valence-corrected chi connectivity index (χ1v) is 10.3. The van der Waals surface area contributed by atoms with Gasteiger partial charge in [0, 0.05) is 17.9 Å². The molecule has 30 heavy (non-hydrogen) atoms. The van der Waals surface area contributed by atoms with E-state index in [-0.39, 0.29) is 23.9 Å². The number of imide groups is 1. The third kappa shape index (κ3) is 3.63. The minimum Gasteiger partial charge on any atom is -0.300 e. The molecule has 0 saturated heterocycles. The van der Waals surface area contributed by atoms with Crippen LogP contribution in [0.5, 0.6) is 0 Å². The molecular formula is C22H16N4O3S. The molecule has 2 aromatic carbocycles. The van der Waals surface area contributed by atoms with Crippen LogP contribution in [0.3, 0.4) is 0 Å². The lowest BCUT2D eigenvalue weighted by atomic mass is 10.1. The number of amides is 2. The van der Waals surface area contributed by atoms with E-state index in [1.54, 1.807) is 36.4 Å². The number of aromatic amines is 1. The summed E-state index contributed by atoms with van der Waals surface area (Å²) >= 11 is 1.31. The Hall–Kier alpha value is -3.70. The summed E-state index contributed by atoms with van der Waals surface area (Å²) in [5.74, 6) is -0.0232. The highest BCUT2D eigenvalue weighted by molar-refractivity contribution is 7.99.